The Bertz CT molecular complexity index is 148. The first-order valence-electron chi connectivity index (χ1n) is 5.67. The minimum atomic E-state index is -0.147. The highest BCUT2D eigenvalue weighted by Gasteiger charge is 2.29. The van der Waals surface area contributed by atoms with Gasteiger partial charge in [0.05, 0.1) is 6.67 Å². The Morgan fingerprint density at radius 1 is 1.15 bits per heavy atom. The molecule has 0 amide bonds. The fourth-order valence-corrected chi connectivity index (χ4v) is 3.00. The highest BCUT2D eigenvalue weighted by atomic mass is 19.1. The summed E-state index contributed by atoms with van der Waals surface area (Å²) in [5.74, 6) is 1.87. The van der Waals surface area contributed by atoms with Crippen molar-refractivity contribution in [3.8, 4) is 0 Å². The van der Waals surface area contributed by atoms with Gasteiger partial charge < -0.3 is 4.90 Å². The van der Waals surface area contributed by atoms with E-state index in [1.807, 2.05) is 0 Å². The SMILES string of the molecule is FCCCN1CC2CCCC(C2)C1. The number of likely N-dealkylation sites (tertiary alicyclic amines) is 1. The molecule has 1 nitrogen and oxygen atoms in total. The maximum Gasteiger partial charge on any atom is 0.0906 e. The van der Waals surface area contributed by atoms with Crippen molar-refractivity contribution in [1.29, 1.82) is 0 Å². The van der Waals surface area contributed by atoms with Crippen molar-refractivity contribution < 1.29 is 4.39 Å². The summed E-state index contributed by atoms with van der Waals surface area (Å²) in [6, 6.07) is 0. The molecule has 1 saturated carbocycles. The summed E-state index contributed by atoms with van der Waals surface area (Å²) in [5.41, 5.74) is 0. The van der Waals surface area contributed by atoms with Crippen LogP contribution in [0.2, 0.25) is 0 Å². The molecule has 2 bridgehead atoms. The summed E-state index contributed by atoms with van der Waals surface area (Å²) in [6.07, 6.45) is 6.46. The monoisotopic (exact) mass is 185 g/mol. The lowest BCUT2D eigenvalue weighted by Gasteiger charge is -2.41. The summed E-state index contributed by atoms with van der Waals surface area (Å²) >= 11 is 0. The molecule has 0 radical (unpaired) electrons. The van der Waals surface area contributed by atoms with Gasteiger partial charge in [0.15, 0.2) is 0 Å². The van der Waals surface area contributed by atoms with Crippen molar-refractivity contribution in [2.24, 2.45) is 11.8 Å². The van der Waals surface area contributed by atoms with Gasteiger partial charge in [-0.05, 0) is 37.5 Å². The van der Waals surface area contributed by atoms with E-state index in [-0.39, 0.29) is 6.67 Å². The van der Waals surface area contributed by atoms with E-state index in [0.717, 1.165) is 24.8 Å². The highest BCUT2D eigenvalue weighted by molar-refractivity contribution is 4.83. The Hall–Kier alpha value is -0.110. The molecule has 2 unspecified atom stereocenters. The quantitative estimate of drug-likeness (QED) is 0.653. The zero-order valence-electron chi connectivity index (χ0n) is 8.34. The summed E-state index contributed by atoms with van der Waals surface area (Å²) in [5, 5.41) is 0. The minimum Gasteiger partial charge on any atom is -0.303 e. The molecule has 2 fully saturated rings. The molecule has 2 rings (SSSR count). The van der Waals surface area contributed by atoms with Crippen molar-refractivity contribution in [3.05, 3.63) is 0 Å². The Morgan fingerprint density at radius 3 is 2.46 bits per heavy atom. The third-order valence-electron chi connectivity index (χ3n) is 3.53. The van der Waals surface area contributed by atoms with Crippen molar-refractivity contribution in [3.63, 3.8) is 0 Å². The van der Waals surface area contributed by atoms with Crippen molar-refractivity contribution in [2.75, 3.05) is 26.3 Å². The van der Waals surface area contributed by atoms with Crippen LogP contribution in [0.4, 0.5) is 4.39 Å². The molecule has 2 atom stereocenters. The molecule has 1 saturated heterocycles. The van der Waals surface area contributed by atoms with Crippen molar-refractivity contribution in [2.45, 2.75) is 32.1 Å². The zero-order chi connectivity index (χ0) is 9.10. The predicted molar refractivity (Wildman–Crippen MR) is 52.5 cm³/mol. The van der Waals surface area contributed by atoms with E-state index in [4.69, 9.17) is 0 Å². The molecular formula is C11H20FN. The van der Waals surface area contributed by atoms with Gasteiger partial charge in [-0.15, -0.1) is 0 Å². The van der Waals surface area contributed by atoms with Crippen LogP contribution in [0.5, 0.6) is 0 Å². The molecule has 0 aromatic heterocycles. The van der Waals surface area contributed by atoms with Crippen LogP contribution in [0.15, 0.2) is 0 Å². The van der Waals surface area contributed by atoms with Crippen molar-refractivity contribution in [1.82, 2.24) is 4.90 Å². The molecule has 1 aliphatic carbocycles. The lowest BCUT2D eigenvalue weighted by Crippen LogP contribution is -2.43. The molecule has 2 heteroatoms. The number of piperidine rings is 1. The summed E-state index contributed by atoms with van der Waals surface area (Å²) in [4.78, 5) is 2.48. The highest BCUT2D eigenvalue weighted by Crippen LogP contribution is 2.34. The van der Waals surface area contributed by atoms with Crippen LogP contribution in [-0.2, 0) is 0 Å². The van der Waals surface area contributed by atoms with Crippen LogP contribution in [0.25, 0.3) is 0 Å². The van der Waals surface area contributed by atoms with Gasteiger partial charge in [0.2, 0.25) is 0 Å². The van der Waals surface area contributed by atoms with E-state index in [2.05, 4.69) is 4.90 Å². The smallest absolute Gasteiger partial charge is 0.0906 e. The van der Waals surface area contributed by atoms with Gasteiger partial charge in [-0.3, -0.25) is 4.39 Å². The molecule has 0 aromatic rings. The number of fused-ring (bicyclic) bond motifs is 2. The average molecular weight is 185 g/mol. The van der Waals surface area contributed by atoms with Crippen LogP contribution >= 0.6 is 0 Å². The number of hydrogen-bond donors (Lipinski definition) is 0. The van der Waals surface area contributed by atoms with Gasteiger partial charge in [0.25, 0.3) is 0 Å². The largest absolute Gasteiger partial charge is 0.303 e. The van der Waals surface area contributed by atoms with Crippen LogP contribution in [-0.4, -0.2) is 31.2 Å². The molecule has 0 spiro atoms. The molecule has 13 heavy (non-hydrogen) atoms. The number of alkyl halides is 1. The van der Waals surface area contributed by atoms with Gasteiger partial charge in [-0.2, -0.15) is 0 Å². The first kappa shape index (κ1) is 9.45. The van der Waals surface area contributed by atoms with E-state index in [1.54, 1.807) is 0 Å². The second-order valence-electron chi connectivity index (χ2n) is 4.70. The summed E-state index contributed by atoms with van der Waals surface area (Å²) < 4.78 is 12.0. The van der Waals surface area contributed by atoms with Crippen LogP contribution in [0.1, 0.15) is 32.1 Å². The molecule has 1 heterocycles. The molecule has 2 aliphatic rings. The lowest BCUT2D eigenvalue weighted by atomic mass is 9.78. The number of hydrogen-bond acceptors (Lipinski definition) is 1. The summed E-state index contributed by atoms with van der Waals surface area (Å²) in [6.45, 7) is 3.34. The van der Waals surface area contributed by atoms with Crippen LogP contribution < -0.4 is 0 Å². The molecule has 0 aromatic carbocycles. The standard InChI is InChI=1S/C11H20FN/c12-5-2-6-13-8-10-3-1-4-11(7-10)9-13/h10-11H,1-9H2. The molecule has 0 N–H and O–H groups in total. The normalized spacial score (nSPS) is 34.8. The van der Waals surface area contributed by atoms with Gasteiger partial charge in [-0.25, -0.2) is 0 Å². The maximum absolute atomic E-state index is 12.0. The third kappa shape index (κ3) is 2.43. The third-order valence-corrected chi connectivity index (χ3v) is 3.53. The molecule has 1 aliphatic heterocycles. The fraction of sp³-hybridized carbons (Fsp3) is 1.00. The Labute approximate surface area is 80.3 Å². The minimum absolute atomic E-state index is 0.147. The second kappa shape index (κ2) is 4.41. The van der Waals surface area contributed by atoms with E-state index in [1.165, 1.54) is 38.8 Å². The van der Waals surface area contributed by atoms with Gasteiger partial charge in [0, 0.05) is 19.6 Å². The number of rotatable bonds is 3. The molecular weight excluding hydrogens is 165 g/mol. The molecule has 76 valence electrons. The van der Waals surface area contributed by atoms with Crippen LogP contribution in [0.3, 0.4) is 0 Å². The Balaban J connectivity index is 1.80. The van der Waals surface area contributed by atoms with Crippen LogP contribution in [0, 0.1) is 11.8 Å². The summed E-state index contributed by atoms with van der Waals surface area (Å²) in [7, 11) is 0. The van der Waals surface area contributed by atoms with E-state index in [0.29, 0.717) is 0 Å². The van der Waals surface area contributed by atoms with Gasteiger partial charge in [0.1, 0.15) is 0 Å². The first-order valence-corrected chi connectivity index (χ1v) is 5.67. The first-order chi connectivity index (χ1) is 6.38. The Kier molecular flexibility index (Phi) is 3.20. The second-order valence-corrected chi connectivity index (χ2v) is 4.70. The van der Waals surface area contributed by atoms with Crippen molar-refractivity contribution >= 4 is 0 Å². The Morgan fingerprint density at radius 2 is 1.85 bits per heavy atom. The topological polar surface area (TPSA) is 3.24 Å². The number of halogens is 1. The predicted octanol–water partition coefficient (Wildman–Crippen LogP) is 2.47. The maximum atomic E-state index is 12.0. The van der Waals surface area contributed by atoms with E-state index >= 15 is 0 Å². The zero-order valence-corrected chi connectivity index (χ0v) is 8.34. The number of nitrogens with zero attached hydrogens (tertiary/aromatic N) is 1. The van der Waals surface area contributed by atoms with E-state index in [9.17, 15) is 4.39 Å². The van der Waals surface area contributed by atoms with E-state index < -0.39 is 0 Å². The van der Waals surface area contributed by atoms with Gasteiger partial charge >= 0.3 is 0 Å². The average Bonchev–Trinajstić information content (AvgIpc) is 2.14. The fourth-order valence-electron chi connectivity index (χ4n) is 3.00. The lowest BCUT2D eigenvalue weighted by molar-refractivity contribution is 0.0838. The van der Waals surface area contributed by atoms with Gasteiger partial charge in [-0.1, -0.05) is 6.42 Å².